The van der Waals surface area contributed by atoms with Crippen LogP contribution in [0.25, 0.3) is 0 Å². The van der Waals surface area contributed by atoms with Crippen molar-refractivity contribution in [3.05, 3.63) is 95.6 Å². The highest BCUT2D eigenvalue weighted by Crippen LogP contribution is 2.17. The van der Waals surface area contributed by atoms with Crippen LogP contribution in [0.1, 0.15) is 28.4 Å². The van der Waals surface area contributed by atoms with Crippen LogP contribution >= 0.6 is 0 Å². The molecule has 1 amide bonds. The summed E-state index contributed by atoms with van der Waals surface area (Å²) in [6.07, 6.45) is -1.02. The molecule has 0 spiro atoms. The molecule has 6 nitrogen and oxygen atoms in total. The lowest BCUT2D eigenvalue weighted by Gasteiger charge is -2.14. The smallest absolute Gasteiger partial charge is 0.339 e. The highest BCUT2D eigenvalue weighted by molar-refractivity contribution is 5.97. The number of nitriles is 1. The molecule has 0 heterocycles. The first-order valence-electron chi connectivity index (χ1n) is 9.34. The number of nitrogens with zero attached hydrogens (tertiary/aromatic N) is 1. The van der Waals surface area contributed by atoms with E-state index in [1.807, 2.05) is 36.4 Å². The molecule has 0 radical (unpaired) electrons. The van der Waals surface area contributed by atoms with Crippen LogP contribution in [-0.4, -0.2) is 18.0 Å². The summed E-state index contributed by atoms with van der Waals surface area (Å²) in [5.41, 5.74) is 2.17. The summed E-state index contributed by atoms with van der Waals surface area (Å²) in [6.45, 7) is 1.86. The molecule has 0 fully saturated rings. The second kappa shape index (κ2) is 9.89. The third kappa shape index (κ3) is 5.69. The van der Waals surface area contributed by atoms with Gasteiger partial charge in [-0.25, -0.2) is 4.79 Å². The van der Waals surface area contributed by atoms with Crippen LogP contribution in [-0.2, 0) is 16.1 Å². The van der Waals surface area contributed by atoms with Gasteiger partial charge in [0.25, 0.3) is 5.91 Å². The van der Waals surface area contributed by atoms with Gasteiger partial charge in [0.15, 0.2) is 6.10 Å². The molecule has 0 aliphatic rings. The van der Waals surface area contributed by atoms with Crippen LogP contribution in [0, 0.1) is 11.3 Å². The number of ether oxygens (including phenoxy) is 2. The van der Waals surface area contributed by atoms with Crippen molar-refractivity contribution < 1.29 is 19.1 Å². The molecule has 30 heavy (non-hydrogen) atoms. The average molecular weight is 400 g/mol. The number of anilines is 1. The van der Waals surface area contributed by atoms with Gasteiger partial charge in [-0.3, -0.25) is 4.79 Å². The van der Waals surface area contributed by atoms with E-state index in [1.54, 1.807) is 48.5 Å². The topological polar surface area (TPSA) is 88.4 Å². The van der Waals surface area contributed by atoms with Gasteiger partial charge >= 0.3 is 5.97 Å². The van der Waals surface area contributed by atoms with E-state index in [0.717, 1.165) is 5.56 Å². The zero-order chi connectivity index (χ0) is 21.3. The SMILES string of the molecule is CC(OC(=O)c1cccc(OCc2ccccc2)c1)C(=O)Nc1cccc(C#N)c1. The summed E-state index contributed by atoms with van der Waals surface area (Å²) in [4.78, 5) is 24.7. The number of nitrogens with one attached hydrogen (secondary N) is 1. The van der Waals surface area contributed by atoms with Crippen LogP contribution < -0.4 is 10.1 Å². The molecule has 0 aliphatic carbocycles. The van der Waals surface area contributed by atoms with E-state index in [0.29, 0.717) is 23.6 Å². The molecule has 3 aromatic rings. The number of amides is 1. The predicted octanol–water partition coefficient (Wildman–Crippen LogP) is 4.32. The lowest BCUT2D eigenvalue weighted by atomic mass is 10.2. The molecule has 0 saturated heterocycles. The Balaban J connectivity index is 1.58. The minimum atomic E-state index is -1.02. The Hall–Kier alpha value is -4.11. The van der Waals surface area contributed by atoms with Gasteiger partial charge in [0.2, 0.25) is 0 Å². The standard InChI is InChI=1S/C24H20N2O4/c1-17(23(27)26-21-11-5-9-19(13-21)15-25)30-24(28)20-10-6-12-22(14-20)29-16-18-7-3-2-4-8-18/h2-14,17H,16H2,1H3,(H,26,27). The van der Waals surface area contributed by atoms with Gasteiger partial charge in [-0.15, -0.1) is 0 Å². The van der Waals surface area contributed by atoms with E-state index in [9.17, 15) is 9.59 Å². The largest absolute Gasteiger partial charge is 0.489 e. The molecular weight excluding hydrogens is 380 g/mol. The van der Waals surface area contributed by atoms with Crippen molar-refractivity contribution in [2.24, 2.45) is 0 Å². The van der Waals surface area contributed by atoms with Gasteiger partial charge in [0.05, 0.1) is 17.2 Å². The van der Waals surface area contributed by atoms with Crippen molar-refractivity contribution in [1.29, 1.82) is 5.26 Å². The van der Waals surface area contributed by atoms with Gasteiger partial charge in [0.1, 0.15) is 12.4 Å². The molecule has 150 valence electrons. The van der Waals surface area contributed by atoms with E-state index in [2.05, 4.69) is 5.32 Å². The summed E-state index contributed by atoms with van der Waals surface area (Å²) in [5.74, 6) is -0.595. The van der Waals surface area contributed by atoms with Crippen molar-refractivity contribution >= 4 is 17.6 Å². The molecule has 1 atom stereocenters. The van der Waals surface area contributed by atoms with E-state index >= 15 is 0 Å². The second-order valence-corrected chi connectivity index (χ2v) is 6.53. The highest BCUT2D eigenvalue weighted by atomic mass is 16.5. The fraction of sp³-hybridized carbons (Fsp3) is 0.125. The molecule has 0 saturated carbocycles. The number of hydrogen-bond acceptors (Lipinski definition) is 5. The minimum Gasteiger partial charge on any atom is -0.489 e. The Labute approximate surface area is 174 Å². The Bertz CT molecular complexity index is 1070. The van der Waals surface area contributed by atoms with E-state index in [1.165, 1.54) is 6.92 Å². The lowest BCUT2D eigenvalue weighted by Crippen LogP contribution is -2.30. The molecule has 1 N–H and O–H groups in total. The minimum absolute atomic E-state index is 0.284. The predicted molar refractivity (Wildman–Crippen MR) is 112 cm³/mol. The quantitative estimate of drug-likeness (QED) is 0.597. The number of hydrogen-bond donors (Lipinski definition) is 1. The van der Waals surface area contributed by atoms with Crippen molar-refractivity contribution in [2.75, 3.05) is 5.32 Å². The summed E-state index contributed by atoms with van der Waals surface area (Å²) in [7, 11) is 0. The first-order chi connectivity index (χ1) is 14.5. The second-order valence-electron chi connectivity index (χ2n) is 6.53. The number of carbonyl (C=O) groups is 2. The van der Waals surface area contributed by atoms with Gasteiger partial charge in [0, 0.05) is 5.69 Å². The van der Waals surface area contributed by atoms with Crippen molar-refractivity contribution in [3.63, 3.8) is 0 Å². The van der Waals surface area contributed by atoms with Crippen LogP contribution in [0.4, 0.5) is 5.69 Å². The number of benzene rings is 3. The maximum atomic E-state index is 12.4. The van der Waals surface area contributed by atoms with Gasteiger partial charge in [-0.05, 0) is 48.9 Å². The number of rotatable bonds is 7. The van der Waals surface area contributed by atoms with Crippen LogP contribution in [0.15, 0.2) is 78.9 Å². The summed E-state index contributed by atoms with van der Waals surface area (Å²) in [5, 5.41) is 11.6. The van der Waals surface area contributed by atoms with E-state index < -0.39 is 18.0 Å². The maximum absolute atomic E-state index is 12.4. The maximum Gasteiger partial charge on any atom is 0.339 e. The average Bonchev–Trinajstić information content (AvgIpc) is 2.78. The molecule has 0 bridgehead atoms. The Kier molecular flexibility index (Phi) is 6.80. The third-order valence-electron chi connectivity index (χ3n) is 4.23. The zero-order valence-corrected chi connectivity index (χ0v) is 16.4. The van der Waals surface area contributed by atoms with Crippen LogP contribution in [0.5, 0.6) is 5.75 Å². The summed E-state index contributed by atoms with van der Waals surface area (Å²) >= 11 is 0. The summed E-state index contributed by atoms with van der Waals surface area (Å²) in [6, 6.07) is 24.8. The van der Waals surface area contributed by atoms with Crippen molar-refractivity contribution in [3.8, 4) is 11.8 Å². The first kappa shape index (κ1) is 20.6. The Morgan fingerprint density at radius 2 is 1.77 bits per heavy atom. The highest BCUT2D eigenvalue weighted by Gasteiger charge is 2.19. The first-order valence-corrected chi connectivity index (χ1v) is 9.34. The van der Waals surface area contributed by atoms with E-state index in [4.69, 9.17) is 14.7 Å². The molecular formula is C24H20N2O4. The Morgan fingerprint density at radius 1 is 1.00 bits per heavy atom. The number of carbonyl (C=O) groups excluding carboxylic acids is 2. The van der Waals surface area contributed by atoms with E-state index in [-0.39, 0.29) is 5.56 Å². The molecule has 3 aromatic carbocycles. The van der Waals surface area contributed by atoms with Crippen LogP contribution in [0.3, 0.4) is 0 Å². The molecule has 1 unspecified atom stereocenters. The third-order valence-corrected chi connectivity index (χ3v) is 4.23. The lowest BCUT2D eigenvalue weighted by molar-refractivity contribution is -0.123. The monoisotopic (exact) mass is 400 g/mol. The van der Waals surface area contributed by atoms with Gasteiger partial charge in [-0.1, -0.05) is 42.5 Å². The number of esters is 1. The van der Waals surface area contributed by atoms with Crippen LogP contribution in [0.2, 0.25) is 0 Å². The van der Waals surface area contributed by atoms with Gasteiger partial charge < -0.3 is 14.8 Å². The van der Waals surface area contributed by atoms with Crippen molar-refractivity contribution in [1.82, 2.24) is 0 Å². The van der Waals surface area contributed by atoms with Gasteiger partial charge in [-0.2, -0.15) is 5.26 Å². The summed E-state index contributed by atoms with van der Waals surface area (Å²) < 4.78 is 11.0. The Morgan fingerprint density at radius 3 is 2.53 bits per heavy atom. The molecule has 3 rings (SSSR count). The molecule has 6 heteroatoms. The normalized spacial score (nSPS) is 11.1. The molecule has 0 aliphatic heterocycles. The fourth-order valence-electron chi connectivity index (χ4n) is 2.65. The molecule has 0 aromatic heterocycles. The van der Waals surface area contributed by atoms with Crippen molar-refractivity contribution in [2.45, 2.75) is 19.6 Å². The fourth-order valence-corrected chi connectivity index (χ4v) is 2.65. The zero-order valence-electron chi connectivity index (χ0n) is 16.4.